The zero-order valence-electron chi connectivity index (χ0n) is 9.24. The molecule has 0 aromatic heterocycles. The van der Waals surface area contributed by atoms with Crippen LogP contribution in [0.25, 0.3) is 0 Å². The van der Waals surface area contributed by atoms with Gasteiger partial charge in [0.15, 0.2) is 0 Å². The number of carbonyl (C=O) groups excluding carboxylic acids is 1. The average Bonchev–Trinajstić information content (AvgIpc) is 2.63. The predicted octanol–water partition coefficient (Wildman–Crippen LogP) is 1.16. The third-order valence-corrected chi connectivity index (χ3v) is 3.51. The summed E-state index contributed by atoms with van der Waals surface area (Å²) in [6.45, 7) is 6.19. The molecule has 1 amide bonds. The maximum atomic E-state index is 12.1. The van der Waals surface area contributed by atoms with Crippen LogP contribution in [0.15, 0.2) is 12.7 Å². The minimum Gasteiger partial charge on any atom is -0.336 e. The topological polar surface area (TPSA) is 32.3 Å². The van der Waals surface area contributed by atoms with Gasteiger partial charge in [-0.2, -0.15) is 0 Å². The number of rotatable bonds is 4. The summed E-state index contributed by atoms with van der Waals surface area (Å²) in [5.74, 6) is 0.561. The Hall–Kier alpha value is -0.830. The van der Waals surface area contributed by atoms with Crippen molar-refractivity contribution in [3.05, 3.63) is 12.7 Å². The van der Waals surface area contributed by atoms with Gasteiger partial charge in [-0.3, -0.25) is 4.79 Å². The molecule has 1 saturated carbocycles. The van der Waals surface area contributed by atoms with Crippen molar-refractivity contribution in [2.75, 3.05) is 19.6 Å². The molecule has 0 unspecified atom stereocenters. The fraction of sp³-hybridized carbons (Fsp3) is 0.750. The molecule has 15 heavy (non-hydrogen) atoms. The van der Waals surface area contributed by atoms with Gasteiger partial charge in [-0.25, -0.2) is 0 Å². The van der Waals surface area contributed by atoms with Crippen LogP contribution in [0.1, 0.15) is 25.7 Å². The molecule has 3 heteroatoms. The van der Waals surface area contributed by atoms with Gasteiger partial charge < -0.3 is 10.2 Å². The largest absolute Gasteiger partial charge is 0.336 e. The quantitative estimate of drug-likeness (QED) is 0.703. The van der Waals surface area contributed by atoms with Gasteiger partial charge in [-0.15, -0.1) is 6.58 Å². The summed E-state index contributed by atoms with van der Waals surface area (Å²) < 4.78 is 0. The lowest BCUT2D eigenvalue weighted by molar-refractivity contribution is -0.138. The molecule has 0 atom stereocenters. The Morgan fingerprint density at radius 1 is 1.40 bits per heavy atom. The van der Waals surface area contributed by atoms with E-state index in [2.05, 4.69) is 11.9 Å². The summed E-state index contributed by atoms with van der Waals surface area (Å²) in [6, 6.07) is 0.482. The summed E-state index contributed by atoms with van der Waals surface area (Å²) in [5, 5.41) is 3.16. The van der Waals surface area contributed by atoms with E-state index in [1.165, 1.54) is 25.7 Å². The second kappa shape index (κ2) is 4.79. The molecule has 3 nitrogen and oxygen atoms in total. The van der Waals surface area contributed by atoms with Crippen LogP contribution in [-0.4, -0.2) is 36.5 Å². The van der Waals surface area contributed by atoms with Gasteiger partial charge in [0.25, 0.3) is 0 Å². The van der Waals surface area contributed by atoms with E-state index in [1.807, 2.05) is 11.0 Å². The van der Waals surface area contributed by atoms with E-state index in [1.54, 1.807) is 0 Å². The summed E-state index contributed by atoms with van der Waals surface area (Å²) in [4.78, 5) is 14.2. The first-order valence-corrected chi connectivity index (χ1v) is 5.95. The van der Waals surface area contributed by atoms with Crippen LogP contribution in [0, 0.1) is 5.92 Å². The van der Waals surface area contributed by atoms with Crippen LogP contribution < -0.4 is 5.32 Å². The van der Waals surface area contributed by atoms with E-state index >= 15 is 0 Å². The monoisotopic (exact) mass is 208 g/mol. The summed E-state index contributed by atoms with van der Waals surface area (Å²) in [6.07, 6.45) is 6.75. The Morgan fingerprint density at radius 3 is 2.53 bits per heavy atom. The average molecular weight is 208 g/mol. The molecule has 0 spiro atoms. The number of hydrogen-bond donors (Lipinski definition) is 1. The van der Waals surface area contributed by atoms with Gasteiger partial charge in [0.05, 0.1) is 5.92 Å². The second-order valence-electron chi connectivity index (χ2n) is 4.57. The van der Waals surface area contributed by atoms with Crippen LogP contribution >= 0.6 is 0 Å². The number of amides is 1. The fourth-order valence-electron chi connectivity index (χ4n) is 2.47. The Kier molecular flexibility index (Phi) is 3.41. The van der Waals surface area contributed by atoms with Crippen molar-refractivity contribution >= 4 is 5.91 Å². The molecule has 1 aliphatic heterocycles. The van der Waals surface area contributed by atoms with Crippen molar-refractivity contribution < 1.29 is 4.79 Å². The third kappa shape index (κ3) is 2.23. The first-order chi connectivity index (χ1) is 7.33. The molecule has 1 heterocycles. The van der Waals surface area contributed by atoms with Crippen molar-refractivity contribution in [3.8, 4) is 0 Å². The highest BCUT2D eigenvalue weighted by Gasteiger charge is 2.33. The number of nitrogens with zero attached hydrogens (tertiary/aromatic N) is 1. The second-order valence-corrected chi connectivity index (χ2v) is 4.57. The molecule has 0 bridgehead atoms. The van der Waals surface area contributed by atoms with Crippen molar-refractivity contribution in [1.82, 2.24) is 10.2 Å². The van der Waals surface area contributed by atoms with Crippen LogP contribution in [0.4, 0.5) is 0 Å². The van der Waals surface area contributed by atoms with Crippen molar-refractivity contribution in [3.63, 3.8) is 0 Å². The van der Waals surface area contributed by atoms with E-state index in [0.717, 1.165) is 19.6 Å². The van der Waals surface area contributed by atoms with Gasteiger partial charge in [-0.05, 0) is 12.8 Å². The minimum absolute atomic E-state index is 0.227. The summed E-state index contributed by atoms with van der Waals surface area (Å²) in [5.41, 5.74) is 0. The van der Waals surface area contributed by atoms with Gasteiger partial charge >= 0.3 is 0 Å². The first kappa shape index (κ1) is 10.7. The number of carbonyl (C=O) groups is 1. The van der Waals surface area contributed by atoms with E-state index in [9.17, 15) is 4.79 Å². The summed E-state index contributed by atoms with van der Waals surface area (Å²) in [7, 11) is 0. The Labute approximate surface area is 91.5 Å². The van der Waals surface area contributed by atoms with E-state index in [4.69, 9.17) is 0 Å². The lowest BCUT2D eigenvalue weighted by atomic mass is 10.0. The highest BCUT2D eigenvalue weighted by Crippen LogP contribution is 2.25. The highest BCUT2D eigenvalue weighted by molar-refractivity contribution is 5.80. The van der Waals surface area contributed by atoms with E-state index < -0.39 is 0 Å². The predicted molar refractivity (Wildman–Crippen MR) is 60.5 cm³/mol. The van der Waals surface area contributed by atoms with E-state index in [-0.39, 0.29) is 5.92 Å². The van der Waals surface area contributed by atoms with Crippen molar-refractivity contribution in [2.24, 2.45) is 5.92 Å². The minimum atomic E-state index is 0.227. The molecule has 84 valence electrons. The molecular formula is C12H20N2O. The molecule has 2 rings (SSSR count). The van der Waals surface area contributed by atoms with Gasteiger partial charge in [0, 0.05) is 25.7 Å². The van der Waals surface area contributed by atoms with Crippen LogP contribution in [0.5, 0.6) is 0 Å². The van der Waals surface area contributed by atoms with Gasteiger partial charge in [0.2, 0.25) is 5.91 Å². The molecular weight excluding hydrogens is 188 g/mol. The standard InChI is InChI=1S/C12H20N2O/c1-2-7-14(11-5-3-4-6-11)12(15)10-8-13-9-10/h2,10-11,13H,1,3-9H2. The van der Waals surface area contributed by atoms with Crippen LogP contribution in [0.3, 0.4) is 0 Å². The molecule has 0 radical (unpaired) electrons. The number of nitrogens with one attached hydrogen (secondary N) is 1. The van der Waals surface area contributed by atoms with Crippen molar-refractivity contribution in [2.45, 2.75) is 31.7 Å². The third-order valence-electron chi connectivity index (χ3n) is 3.51. The maximum Gasteiger partial charge on any atom is 0.228 e. The zero-order valence-corrected chi connectivity index (χ0v) is 9.24. The summed E-state index contributed by atoms with van der Waals surface area (Å²) >= 11 is 0. The van der Waals surface area contributed by atoms with Gasteiger partial charge in [0.1, 0.15) is 0 Å². The lowest BCUT2D eigenvalue weighted by Gasteiger charge is -2.35. The van der Waals surface area contributed by atoms with Gasteiger partial charge in [-0.1, -0.05) is 18.9 Å². The molecule has 1 aliphatic carbocycles. The smallest absolute Gasteiger partial charge is 0.228 e. The fourth-order valence-corrected chi connectivity index (χ4v) is 2.47. The highest BCUT2D eigenvalue weighted by atomic mass is 16.2. The van der Waals surface area contributed by atoms with E-state index in [0.29, 0.717) is 11.9 Å². The SMILES string of the molecule is C=CCN(C(=O)C1CNC1)C1CCCC1. The van der Waals surface area contributed by atoms with Crippen molar-refractivity contribution in [1.29, 1.82) is 0 Å². The molecule has 2 aliphatic rings. The Morgan fingerprint density at radius 2 is 2.07 bits per heavy atom. The maximum absolute atomic E-state index is 12.1. The van der Waals surface area contributed by atoms with Crippen LogP contribution in [0.2, 0.25) is 0 Å². The molecule has 1 saturated heterocycles. The molecule has 1 N–H and O–H groups in total. The Balaban J connectivity index is 1.96. The molecule has 0 aromatic carbocycles. The number of hydrogen-bond acceptors (Lipinski definition) is 2. The lowest BCUT2D eigenvalue weighted by Crippen LogP contribution is -2.54. The Bertz CT molecular complexity index is 242. The van der Waals surface area contributed by atoms with Crippen LogP contribution in [-0.2, 0) is 4.79 Å². The molecule has 2 fully saturated rings. The zero-order chi connectivity index (χ0) is 10.7. The first-order valence-electron chi connectivity index (χ1n) is 5.95. The normalized spacial score (nSPS) is 22.4. The molecule has 0 aromatic rings.